The largest absolute Gasteiger partial charge is 0.289 e. The Morgan fingerprint density at radius 2 is 1.86 bits per heavy atom. The number of aromatic nitrogens is 1. The Bertz CT molecular complexity index is 711. The van der Waals surface area contributed by atoms with Gasteiger partial charge >= 0.3 is 0 Å². The van der Waals surface area contributed by atoms with Gasteiger partial charge in [0.25, 0.3) is 0 Å². The molecule has 0 bridgehead atoms. The number of nitrogens with zero attached hydrogens (tertiary/aromatic N) is 3. The van der Waals surface area contributed by atoms with E-state index in [1.165, 1.54) is 29.8 Å². The first-order valence-corrected chi connectivity index (χ1v) is 8.15. The molecule has 4 heteroatoms. The average molecular weight is 312 g/mol. The summed E-state index contributed by atoms with van der Waals surface area (Å²) >= 11 is 6.16. The summed E-state index contributed by atoms with van der Waals surface area (Å²) in [5.74, 6) is 0. The van der Waals surface area contributed by atoms with Gasteiger partial charge in [-0.05, 0) is 43.5 Å². The molecular formula is C18H18ClN3. The predicted octanol–water partition coefficient (Wildman–Crippen LogP) is 4.37. The Kier molecular flexibility index (Phi) is 3.51. The van der Waals surface area contributed by atoms with Crippen LogP contribution < -0.4 is 5.01 Å². The fourth-order valence-electron chi connectivity index (χ4n) is 3.35. The van der Waals surface area contributed by atoms with E-state index in [2.05, 4.69) is 45.3 Å². The number of anilines is 1. The first-order chi connectivity index (χ1) is 10.8. The van der Waals surface area contributed by atoms with Crippen LogP contribution in [0.25, 0.3) is 5.57 Å². The maximum absolute atomic E-state index is 6.16. The van der Waals surface area contributed by atoms with Crippen molar-refractivity contribution in [3.8, 4) is 0 Å². The maximum atomic E-state index is 6.16. The summed E-state index contributed by atoms with van der Waals surface area (Å²) < 4.78 is 0. The fraction of sp³-hybridized carbons (Fsp3) is 0.278. The van der Waals surface area contributed by atoms with E-state index in [0.29, 0.717) is 0 Å². The first kappa shape index (κ1) is 13.6. The molecule has 0 amide bonds. The van der Waals surface area contributed by atoms with E-state index < -0.39 is 0 Å². The molecule has 0 unspecified atom stereocenters. The summed E-state index contributed by atoms with van der Waals surface area (Å²) in [5.41, 5.74) is 4.96. The fourth-order valence-corrected chi connectivity index (χ4v) is 3.51. The van der Waals surface area contributed by atoms with Gasteiger partial charge in [-0.15, -0.1) is 0 Å². The van der Waals surface area contributed by atoms with Crippen LogP contribution in [0.4, 0.5) is 5.69 Å². The zero-order chi connectivity index (χ0) is 14.9. The van der Waals surface area contributed by atoms with Crippen LogP contribution in [0, 0.1) is 0 Å². The summed E-state index contributed by atoms with van der Waals surface area (Å²) in [6.45, 7) is 1.95. The SMILES string of the molecule is Clc1ccnc(C2=C3CCCCN3N(c3ccccc3)C2)c1. The van der Waals surface area contributed by atoms with Crippen molar-refractivity contribution in [3.63, 3.8) is 0 Å². The zero-order valence-corrected chi connectivity index (χ0v) is 13.1. The van der Waals surface area contributed by atoms with E-state index in [4.69, 9.17) is 11.6 Å². The minimum atomic E-state index is 0.749. The number of halogens is 1. The molecule has 0 N–H and O–H groups in total. The van der Waals surface area contributed by atoms with Crippen LogP contribution in [0.15, 0.2) is 54.4 Å². The Labute approximate surface area is 135 Å². The number of hydrogen-bond donors (Lipinski definition) is 0. The lowest BCUT2D eigenvalue weighted by Crippen LogP contribution is -2.39. The average Bonchev–Trinajstić information content (AvgIpc) is 2.95. The minimum absolute atomic E-state index is 0.749. The Morgan fingerprint density at radius 3 is 2.68 bits per heavy atom. The number of allylic oxidation sites excluding steroid dienone is 1. The van der Waals surface area contributed by atoms with Crippen LogP contribution in [0.3, 0.4) is 0 Å². The van der Waals surface area contributed by atoms with Crippen LogP contribution in [-0.4, -0.2) is 23.1 Å². The monoisotopic (exact) mass is 311 g/mol. The van der Waals surface area contributed by atoms with Crippen LogP contribution in [0.5, 0.6) is 0 Å². The second-order valence-corrected chi connectivity index (χ2v) is 6.19. The van der Waals surface area contributed by atoms with E-state index >= 15 is 0 Å². The highest BCUT2D eigenvalue weighted by Gasteiger charge is 2.32. The second kappa shape index (κ2) is 5.65. The maximum Gasteiger partial charge on any atom is 0.0713 e. The van der Waals surface area contributed by atoms with Crippen molar-refractivity contribution in [3.05, 3.63) is 65.1 Å². The van der Waals surface area contributed by atoms with Crippen molar-refractivity contribution in [1.29, 1.82) is 0 Å². The second-order valence-electron chi connectivity index (χ2n) is 5.76. The molecule has 2 aliphatic rings. The summed E-state index contributed by atoms with van der Waals surface area (Å²) in [5, 5.41) is 5.54. The molecule has 1 aromatic carbocycles. The smallest absolute Gasteiger partial charge is 0.0713 e. The highest BCUT2D eigenvalue weighted by molar-refractivity contribution is 6.30. The summed E-state index contributed by atoms with van der Waals surface area (Å²) in [6.07, 6.45) is 5.40. The van der Waals surface area contributed by atoms with Gasteiger partial charge in [-0.3, -0.25) is 15.0 Å². The van der Waals surface area contributed by atoms with E-state index in [1.54, 1.807) is 6.20 Å². The molecule has 4 rings (SSSR count). The van der Waals surface area contributed by atoms with E-state index in [0.717, 1.165) is 30.2 Å². The predicted molar refractivity (Wildman–Crippen MR) is 90.5 cm³/mol. The van der Waals surface area contributed by atoms with Crippen LogP contribution in [-0.2, 0) is 0 Å². The zero-order valence-electron chi connectivity index (χ0n) is 12.4. The Balaban J connectivity index is 1.74. The standard InChI is InChI=1S/C18H18ClN3/c19-14-9-10-20-17(12-14)16-13-22(15-6-2-1-3-7-15)21-11-5-4-8-18(16)21/h1-3,6-7,9-10,12H,4-5,8,11,13H2. The minimum Gasteiger partial charge on any atom is -0.289 e. The van der Waals surface area contributed by atoms with Crippen LogP contribution in [0.2, 0.25) is 5.02 Å². The molecule has 0 spiro atoms. The normalized spacial score (nSPS) is 17.9. The molecule has 0 aliphatic carbocycles. The lowest BCUT2D eigenvalue weighted by atomic mass is 10.0. The topological polar surface area (TPSA) is 19.4 Å². The quantitative estimate of drug-likeness (QED) is 0.821. The van der Waals surface area contributed by atoms with Gasteiger partial charge in [0.1, 0.15) is 0 Å². The molecule has 0 saturated carbocycles. The van der Waals surface area contributed by atoms with Gasteiger partial charge < -0.3 is 0 Å². The lowest BCUT2D eigenvalue weighted by Gasteiger charge is -2.36. The van der Waals surface area contributed by atoms with E-state index in [-0.39, 0.29) is 0 Å². The number of hydrogen-bond acceptors (Lipinski definition) is 3. The third kappa shape index (κ3) is 2.35. The lowest BCUT2D eigenvalue weighted by molar-refractivity contribution is 0.294. The highest BCUT2D eigenvalue weighted by atomic mass is 35.5. The number of pyridine rings is 1. The highest BCUT2D eigenvalue weighted by Crippen LogP contribution is 2.38. The van der Waals surface area contributed by atoms with Crippen molar-refractivity contribution < 1.29 is 0 Å². The summed E-state index contributed by atoms with van der Waals surface area (Å²) in [7, 11) is 0. The number of hydrazine groups is 1. The van der Waals surface area contributed by atoms with Crippen molar-refractivity contribution in [2.45, 2.75) is 19.3 Å². The molecule has 112 valence electrons. The van der Waals surface area contributed by atoms with Gasteiger partial charge in [-0.1, -0.05) is 29.8 Å². The number of piperidine rings is 1. The van der Waals surface area contributed by atoms with E-state index in [1.807, 2.05) is 12.1 Å². The molecule has 3 nitrogen and oxygen atoms in total. The number of fused-ring (bicyclic) bond motifs is 1. The van der Waals surface area contributed by atoms with Crippen molar-refractivity contribution in [2.24, 2.45) is 0 Å². The van der Waals surface area contributed by atoms with Crippen molar-refractivity contribution in [1.82, 2.24) is 9.99 Å². The molecule has 3 heterocycles. The summed E-state index contributed by atoms with van der Waals surface area (Å²) in [6, 6.07) is 14.4. The summed E-state index contributed by atoms with van der Waals surface area (Å²) in [4.78, 5) is 4.55. The van der Waals surface area contributed by atoms with Gasteiger partial charge in [0.15, 0.2) is 0 Å². The third-order valence-electron chi connectivity index (χ3n) is 4.38. The molecule has 0 atom stereocenters. The molecule has 2 aliphatic heterocycles. The molecular weight excluding hydrogens is 294 g/mol. The molecule has 1 saturated heterocycles. The van der Waals surface area contributed by atoms with Crippen molar-refractivity contribution in [2.75, 3.05) is 18.1 Å². The van der Waals surface area contributed by atoms with Gasteiger partial charge in [0.05, 0.1) is 17.9 Å². The van der Waals surface area contributed by atoms with Gasteiger partial charge in [-0.2, -0.15) is 0 Å². The van der Waals surface area contributed by atoms with Crippen LogP contribution in [0.1, 0.15) is 25.0 Å². The Morgan fingerprint density at radius 1 is 1.00 bits per heavy atom. The molecule has 0 radical (unpaired) electrons. The van der Waals surface area contributed by atoms with Crippen LogP contribution >= 0.6 is 11.6 Å². The third-order valence-corrected chi connectivity index (χ3v) is 4.61. The van der Waals surface area contributed by atoms with E-state index in [9.17, 15) is 0 Å². The molecule has 2 aromatic rings. The number of rotatable bonds is 2. The van der Waals surface area contributed by atoms with Gasteiger partial charge in [0.2, 0.25) is 0 Å². The molecule has 22 heavy (non-hydrogen) atoms. The Hall–Kier alpha value is -2.00. The molecule has 1 fully saturated rings. The number of para-hydroxylation sites is 1. The van der Waals surface area contributed by atoms with Gasteiger partial charge in [-0.25, -0.2) is 0 Å². The van der Waals surface area contributed by atoms with Crippen molar-refractivity contribution >= 4 is 22.9 Å². The molecule has 1 aromatic heterocycles. The van der Waals surface area contributed by atoms with Gasteiger partial charge in [0, 0.05) is 29.0 Å². The first-order valence-electron chi connectivity index (χ1n) is 7.77. The number of benzene rings is 1.